The lowest BCUT2D eigenvalue weighted by Crippen LogP contribution is -2.49. The van der Waals surface area contributed by atoms with Crippen LogP contribution < -0.4 is 5.32 Å². The van der Waals surface area contributed by atoms with Gasteiger partial charge in [-0.2, -0.15) is 0 Å². The number of nitrogens with one attached hydrogen (secondary N) is 1. The Bertz CT molecular complexity index is 575. The van der Waals surface area contributed by atoms with E-state index in [-0.39, 0.29) is 10.6 Å². The number of anilines is 1. The number of aryl methyl sites for hydroxylation is 1. The highest BCUT2D eigenvalue weighted by Crippen LogP contribution is 2.29. The molecule has 132 valence electrons. The van der Waals surface area contributed by atoms with Gasteiger partial charge in [-0.25, -0.2) is 4.98 Å². The summed E-state index contributed by atoms with van der Waals surface area (Å²) in [6.45, 7) is 6.33. The number of morpholine rings is 1. The molecule has 1 aliphatic heterocycles. The van der Waals surface area contributed by atoms with Crippen molar-refractivity contribution >= 4 is 11.5 Å². The van der Waals surface area contributed by atoms with E-state index < -0.39 is 0 Å². The van der Waals surface area contributed by atoms with Crippen LogP contribution in [0.15, 0.2) is 12.3 Å². The second-order valence-corrected chi connectivity index (χ2v) is 6.75. The molecule has 0 unspecified atom stereocenters. The number of nitrogens with zero attached hydrogens (tertiary/aromatic N) is 3. The van der Waals surface area contributed by atoms with Crippen molar-refractivity contribution in [3.05, 3.63) is 27.9 Å². The van der Waals surface area contributed by atoms with Gasteiger partial charge in [-0.05, 0) is 31.7 Å². The van der Waals surface area contributed by atoms with Crippen LogP contribution in [0.25, 0.3) is 0 Å². The van der Waals surface area contributed by atoms with Crippen LogP contribution in [0.2, 0.25) is 0 Å². The minimum Gasteiger partial charge on any atom is -0.379 e. The predicted molar refractivity (Wildman–Crippen MR) is 92.3 cm³/mol. The molecule has 2 aliphatic rings. The molecule has 2 fully saturated rings. The van der Waals surface area contributed by atoms with E-state index in [4.69, 9.17) is 4.74 Å². The highest BCUT2D eigenvalue weighted by atomic mass is 16.6. The van der Waals surface area contributed by atoms with Crippen LogP contribution >= 0.6 is 0 Å². The van der Waals surface area contributed by atoms with Crippen molar-refractivity contribution in [2.75, 3.05) is 38.2 Å². The quantitative estimate of drug-likeness (QED) is 0.658. The molecule has 7 nitrogen and oxygen atoms in total. The number of pyridine rings is 1. The minimum absolute atomic E-state index is 0.0735. The van der Waals surface area contributed by atoms with Crippen LogP contribution in [0.1, 0.15) is 31.2 Å². The topological polar surface area (TPSA) is 80.5 Å². The maximum atomic E-state index is 10.9. The van der Waals surface area contributed by atoms with Gasteiger partial charge < -0.3 is 10.1 Å². The monoisotopic (exact) mass is 334 g/mol. The van der Waals surface area contributed by atoms with Crippen LogP contribution in [-0.4, -0.2) is 53.7 Å². The van der Waals surface area contributed by atoms with Crippen LogP contribution in [0, 0.1) is 23.0 Å². The third-order valence-electron chi connectivity index (χ3n) is 5.21. The number of ether oxygens (including phenoxy) is 1. The number of nitro groups is 1. The van der Waals surface area contributed by atoms with E-state index in [0.717, 1.165) is 38.7 Å². The molecule has 0 aromatic carbocycles. The van der Waals surface area contributed by atoms with Crippen molar-refractivity contribution in [3.8, 4) is 0 Å². The maximum absolute atomic E-state index is 10.9. The fraction of sp³-hybridized carbons (Fsp3) is 0.706. The van der Waals surface area contributed by atoms with E-state index in [1.165, 1.54) is 31.9 Å². The van der Waals surface area contributed by atoms with Crippen LogP contribution in [0.4, 0.5) is 11.5 Å². The lowest BCUT2D eigenvalue weighted by atomic mass is 9.83. The minimum atomic E-state index is -0.387. The highest BCUT2D eigenvalue weighted by molar-refractivity contribution is 5.46. The lowest BCUT2D eigenvalue weighted by molar-refractivity contribution is -0.385. The first-order valence-electron chi connectivity index (χ1n) is 8.82. The molecule has 0 bridgehead atoms. The van der Waals surface area contributed by atoms with Crippen molar-refractivity contribution in [2.24, 2.45) is 5.92 Å². The van der Waals surface area contributed by atoms with E-state index in [1.807, 2.05) is 0 Å². The molecule has 0 radical (unpaired) electrons. The van der Waals surface area contributed by atoms with Crippen molar-refractivity contribution in [1.29, 1.82) is 0 Å². The molecule has 1 saturated carbocycles. The molecule has 1 N–H and O–H groups in total. The highest BCUT2D eigenvalue weighted by Gasteiger charge is 2.30. The van der Waals surface area contributed by atoms with Gasteiger partial charge in [0.05, 0.1) is 18.1 Å². The zero-order chi connectivity index (χ0) is 16.9. The summed E-state index contributed by atoms with van der Waals surface area (Å²) in [5, 5.41) is 14.3. The van der Waals surface area contributed by atoms with Gasteiger partial charge in [0.2, 0.25) is 0 Å². The average molecular weight is 334 g/mol. The Hall–Kier alpha value is -1.73. The standard InChI is InChI=1S/C17H26N4O3/c1-13-10-17(19-12-16(13)21(22)23)18-11-14-4-2-3-5-15(14)20-6-8-24-9-7-20/h10,12,14-15H,2-9,11H2,1H3,(H,18,19)/t14-,15-/m0/s1. The third-order valence-corrected chi connectivity index (χ3v) is 5.21. The molecule has 1 saturated heterocycles. The van der Waals surface area contributed by atoms with Gasteiger partial charge in [0, 0.05) is 31.2 Å². The fourth-order valence-electron chi connectivity index (χ4n) is 3.89. The molecule has 7 heteroatoms. The van der Waals surface area contributed by atoms with Gasteiger partial charge in [0.25, 0.3) is 5.69 Å². The second kappa shape index (κ2) is 7.90. The Labute approximate surface area is 142 Å². The Morgan fingerprint density at radius 3 is 2.83 bits per heavy atom. The number of hydrogen-bond donors (Lipinski definition) is 1. The third kappa shape index (κ3) is 4.02. The molecule has 1 aliphatic carbocycles. The molecule has 2 atom stereocenters. The van der Waals surface area contributed by atoms with E-state index in [2.05, 4.69) is 15.2 Å². The first-order valence-corrected chi connectivity index (χ1v) is 8.82. The van der Waals surface area contributed by atoms with Crippen molar-refractivity contribution < 1.29 is 9.66 Å². The zero-order valence-corrected chi connectivity index (χ0v) is 14.2. The zero-order valence-electron chi connectivity index (χ0n) is 14.2. The summed E-state index contributed by atoms with van der Waals surface area (Å²) in [6, 6.07) is 2.37. The maximum Gasteiger partial charge on any atom is 0.290 e. The summed E-state index contributed by atoms with van der Waals surface area (Å²) in [5.41, 5.74) is 0.718. The van der Waals surface area contributed by atoms with Crippen LogP contribution in [0.5, 0.6) is 0 Å². The molecular weight excluding hydrogens is 308 g/mol. The number of hydrogen-bond acceptors (Lipinski definition) is 6. The molecular formula is C17H26N4O3. The van der Waals surface area contributed by atoms with Gasteiger partial charge in [0.1, 0.15) is 12.0 Å². The van der Waals surface area contributed by atoms with Crippen LogP contribution in [-0.2, 0) is 4.74 Å². The first-order chi connectivity index (χ1) is 11.6. The van der Waals surface area contributed by atoms with E-state index >= 15 is 0 Å². The van der Waals surface area contributed by atoms with Crippen molar-refractivity contribution in [2.45, 2.75) is 38.6 Å². The summed E-state index contributed by atoms with van der Waals surface area (Å²) in [5.74, 6) is 1.32. The number of aromatic nitrogens is 1. The average Bonchev–Trinajstić information content (AvgIpc) is 2.61. The van der Waals surface area contributed by atoms with E-state index in [1.54, 1.807) is 13.0 Å². The van der Waals surface area contributed by atoms with Crippen molar-refractivity contribution in [3.63, 3.8) is 0 Å². The Morgan fingerprint density at radius 1 is 1.38 bits per heavy atom. The summed E-state index contributed by atoms with van der Waals surface area (Å²) < 4.78 is 5.48. The smallest absolute Gasteiger partial charge is 0.290 e. The summed E-state index contributed by atoms with van der Waals surface area (Å²) in [6.07, 6.45) is 6.39. The van der Waals surface area contributed by atoms with Gasteiger partial charge in [-0.15, -0.1) is 0 Å². The van der Waals surface area contributed by atoms with Crippen molar-refractivity contribution in [1.82, 2.24) is 9.88 Å². The molecule has 1 aromatic heterocycles. The normalized spacial score (nSPS) is 25.4. The first kappa shape index (κ1) is 17.1. The Morgan fingerprint density at radius 2 is 2.12 bits per heavy atom. The Balaban J connectivity index is 1.61. The Kier molecular flexibility index (Phi) is 5.63. The van der Waals surface area contributed by atoms with Gasteiger partial charge in [-0.1, -0.05) is 12.8 Å². The molecule has 0 spiro atoms. The largest absolute Gasteiger partial charge is 0.379 e. The molecule has 2 heterocycles. The number of rotatable bonds is 5. The van der Waals surface area contributed by atoms with Gasteiger partial charge in [0.15, 0.2) is 0 Å². The molecule has 1 aromatic rings. The predicted octanol–water partition coefficient (Wildman–Crippen LogP) is 2.60. The SMILES string of the molecule is Cc1cc(NC[C@@H]2CCCC[C@@H]2N2CCOCC2)ncc1[N+](=O)[O-]. The van der Waals surface area contributed by atoms with Gasteiger partial charge >= 0.3 is 0 Å². The van der Waals surface area contributed by atoms with E-state index in [0.29, 0.717) is 17.5 Å². The second-order valence-electron chi connectivity index (χ2n) is 6.75. The lowest BCUT2D eigenvalue weighted by Gasteiger charge is -2.41. The van der Waals surface area contributed by atoms with Gasteiger partial charge in [-0.3, -0.25) is 15.0 Å². The summed E-state index contributed by atoms with van der Waals surface area (Å²) in [7, 11) is 0. The molecule has 0 amide bonds. The molecule has 24 heavy (non-hydrogen) atoms. The summed E-state index contributed by atoms with van der Waals surface area (Å²) >= 11 is 0. The van der Waals surface area contributed by atoms with E-state index in [9.17, 15) is 10.1 Å². The fourth-order valence-corrected chi connectivity index (χ4v) is 3.89. The summed E-state index contributed by atoms with van der Waals surface area (Å²) in [4.78, 5) is 17.3. The molecule has 3 rings (SSSR count). The van der Waals surface area contributed by atoms with Crippen LogP contribution in [0.3, 0.4) is 0 Å².